The molecule has 0 amide bonds. The third kappa shape index (κ3) is 2.23. The molecule has 0 aliphatic heterocycles. The average molecular weight is 278 g/mol. The number of carbonyl (C=O) groups is 1. The van der Waals surface area contributed by atoms with Crippen molar-refractivity contribution in [2.24, 2.45) is 0 Å². The Morgan fingerprint density at radius 1 is 1.25 bits per heavy atom. The molecule has 0 radical (unpaired) electrons. The topological polar surface area (TPSA) is 55.8 Å². The van der Waals surface area contributed by atoms with E-state index in [9.17, 15) is 9.90 Å². The number of carboxylic acid groups (broad SMARTS) is 1. The summed E-state index contributed by atoms with van der Waals surface area (Å²) in [6.45, 7) is 2.10. The van der Waals surface area contributed by atoms with Crippen molar-refractivity contribution in [2.45, 2.75) is 44.4 Å². The van der Waals surface area contributed by atoms with Crippen molar-refractivity contribution in [1.82, 2.24) is 0 Å². The van der Waals surface area contributed by atoms with Gasteiger partial charge in [-0.05, 0) is 37.0 Å². The molecule has 0 bridgehead atoms. The van der Waals surface area contributed by atoms with Crippen LogP contribution in [0.4, 0.5) is 0 Å². The Morgan fingerprint density at radius 2 is 1.90 bits per heavy atom. The summed E-state index contributed by atoms with van der Waals surface area (Å²) in [5, 5.41) is 9.60. The van der Waals surface area contributed by atoms with E-state index in [0.717, 1.165) is 36.1 Å². The second kappa shape index (κ2) is 5.73. The van der Waals surface area contributed by atoms with Crippen LogP contribution in [0.3, 0.4) is 0 Å². The highest BCUT2D eigenvalue weighted by atomic mass is 16.5. The van der Waals surface area contributed by atoms with Gasteiger partial charge in [-0.1, -0.05) is 19.8 Å². The monoisotopic (exact) mass is 278 g/mol. The Bertz CT molecular complexity index is 503. The molecule has 1 N–H and O–H groups in total. The van der Waals surface area contributed by atoms with Gasteiger partial charge in [0, 0.05) is 5.56 Å². The van der Waals surface area contributed by atoms with Crippen LogP contribution in [0.1, 0.15) is 43.7 Å². The fraction of sp³-hybridized carbons (Fsp3) is 0.562. The highest BCUT2D eigenvalue weighted by Crippen LogP contribution is 2.49. The number of carboxylic acids is 1. The van der Waals surface area contributed by atoms with Gasteiger partial charge in [-0.15, -0.1) is 0 Å². The van der Waals surface area contributed by atoms with Gasteiger partial charge in [0.05, 0.1) is 19.6 Å². The molecule has 4 heteroatoms. The Balaban J connectivity index is 2.54. The highest BCUT2D eigenvalue weighted by molar-refractivity contribution is 5.84. The predicted molar refractivity (Wildman–Crippen MR) is 76.7 cm³/mol. The van der Waals surface area contributed by atoms with Crippen molar-refractivity contribution in [3.05, 3.63) is 23.3 Å². The average Bonchev–Trinajstić information content (AvgIpc) is 2.38. The second-order valence-corrected chi connectivity index (χ2v) is 5.36. The van der Waals surface area contributed by atoms with E-state index in [2.05, 4.69) is 6.92 Å². The Hall–Kier alpha value is -1.71. The molecule has 1 saturated carbocycles. The maximum absolute atomic E-state index is 11.7. The molecule has 0 heterocycles. The maximum atomic E-state index is 11.7. The molecule has 0 saturated heterocycles. The largest absolute Gasteiger partial charge is 0.496 e. The fourth-order valence-electron chi connectivity index (χ4n) is 2.93. The molecule has 2 rings (SSSR count). The van der Waals surface area contributed by atoms with Crippen LogP contribution in [-0.4, -0.2) is 25.3 Å². The molecular weight excluding hydrogens is 256 g/mol. The van der Waals surface area contributed by atoms with Crippen LogP contribution < -0.4 is 9.47 Å². The summed E-state index contributed by atoms with van der Waals surface area (Å²) in [6, 6.07) is 3.79. The van der Waals surface area contributed by atoms with Gasteiger partial charge in [-0.25, -0.2) is 0 Å². The summed E-state index contributed by atoms with van der Waals surface area (Å²) in [5.74, 6) is 0.652. The summed E-state index contributed by atoms with van der Waals surface area (Å²) < 4.78 is 10.9. The molecule has 0 aromatic heterocycles. The van der Waals surface area contributed by atoms with E-state index in [-0.39, 0.29) is 0 Å². The molecule has 1 fully saturated rings. The third-order valence-electron chi connectivity index (χ3n) is 4.25. The van der Waals surface area contributed by atoms with Gasteiger partial charge in [0.15, 0.2) is 0 Å². The van der Waals surface area contributed by atoms with E-state index >= 15 is 0 Å². The zero-order valence-corrected chi connectivity index (χ0v) is 12.4. The van der Waals surface area contributed by atoms with Gasteiger partial charge in [0.2, 0.25) is 0 Å². The first-order chi connectivity index (χ1) is 9.58. The van der Waals surface area contributed by atoms with Crippen LogP contribution in [0.25, 0.3) is 0 Å². The lowest BCUT2D eigenvalue weighted by Gasteiger charge is -2.39. The van der Waals surface area contributed by atoms with Crippen molar-refractivity contribution in [3.8, 4) is 11.5 Å². The number of aryl methyl sites for hydroxylation is 1. The summed E-state index contributed by atoms with van der Waals surface area (Å²) in [7, 11) is 3.22. The van der Waals surface area contributed by atoms with Crippen LogP contribution in [0, 0.1) is 0 Å². The van der Waals surface area contributed by atoms with Gasteiger partial charge in [0.1, 0.15) is 11.5 Å². The van der Waals surface area contributed by atoms with Crippen LogP contribution in [0.2, 0.25) is 0 Å². The molecule has 0 unspecified atom stereocenters. The van der Waals surface area contributed by atoms with Crippen LogP contribution in [0.15, 0.2) is 12.1 Å². The first-order valence-electron chi connectivity index (χ1n) is 7.07. The zero-order valence-electron chi connectivity index (χ0n) is 12.4. The molecule has 1 aromatic carbocycles. The SMILES string of the molecule is CCCc1cc(OC)c(C2(C(=O)O)CCC2)cc1OC. The lowest BCUT2D eigenvalue weighted by Crippen LogP contribution is -2.42. The lowest BCUT2D eigenvalue weighted by molar-refractivity contribution is -0.147. The lowest BCUT2D eigenvalue weighted by atomic mass is 9.64. The molecule has 0 atom stereocenters. The van der Waals surface area contributed by atoms with E-state index < -0.39 is 11.4 Å². The quantitative estimate of drug-likeness (QED) is 0.868. The minimum absolute atomic E-state index is 0.662. The van der Waals surface area contributed by atoms with Crippen molar-refractivity contribution in [1.29, 1.82) is 0 Å². The van der Waals surface area contributed by atoms with E-state index in [0.29, 0.717) is 18.6 Å². The van der Waals surface area contributed by atoms with Gasteiger partial charge >= 0.3 is 5.97 Å². The molecule has 4 nitrogen and oxygen atoms in total. The summed E-state index contributed by atoms with van der Waals surface area (Å²) >= 11 is 0. The van der Waals surface area contributed by atoms with Crippen LogP contribution in [0.5, 0.6) is 11.5 Å². The first kappa shape index (κ1) is 14.7. The number of hydrogen-bond acceptors (Lipinski definition) is 3. The van der Waals surface area contributed by atoms with Crippen LogP contribution in [-0.2, 0) is 16.6 Å². The van der Waals surface area contributed by atoms with Crippen molar-refractivity contribution >= 4 is 5.97 Å². The third-order valence-corrected chi connectivity index (χ3v) is 4.25. The van der Waals surface area contributed by atoms with Gasteiger partial charge in [0.25, 0.3) is 0 Å². The van der Waals surface area contributed by atoms with E-state index in [1.54, 1.807) is 14.2 Å². The zero-order chi connectivity index (χ0) is 14.8. The number of hydrogen-bond donors (Lipinski definition) is 1. The van der Waals surface area contributed by atoms with Crippen molar-refractivity contribution in [3.63, 3.8) is 0 Å². The number of ether oxygens (including phenoxy) is 2. The highest BCUT2D eigenvalue weighted by Gasteiger charge is 2.48. The van der Waals surface area contributed by atoms with E-state index in [1.807, 2.05) is 12.1 Å². The molecule has 1 aliphatic rings. The summed E-state index contributed by atoms with van der Waals surface area (Å²) in [6.07, 6.45) is 4.15. The maximum Gasteiger partial charge on any atom is 0.314 e. The predicted octanol–water partition coefficient (Wildman–Crippen LogP) is 3.16. The van der Waals surface area contributed by atoms with E-state index in [1.165, 1.54) is 0 Å². The first-order valence-corrected chi connectivity index (χ1v) is 7.07. The Labute approximate surface area is 119 Å². The van der Waals surface area contributed by atoms with Crippen LogP contribution >= 0.6 is 0 Å². The number of benzene rings is 1. The minimum Gasteiger partial charge on any atom is -0.496 e. The molecular formula is C16H22O4. The summed E-state index contributed by atoms with van der Waals surface area (Å²) in [5.41, 5.74) is 1.01. The van der Waals surface area contributed by atoms with Gasteiger partial charge < -0.3 is 14.6 Å². The van der Waals surface area contributed by atoms with Gasteiger partial charge in [-0.2, -0.15) is 0 Å². The normalized spacial score (nSPS) is 16.4. The smallest absolute Gasteiger partial charge is 0.314 e. The number of methoxy groups -OCH3 is 2. The van der Waals surface area contributed by atoms with Crippen molar-refractivity contribution in [2.75, 3.05) is 14.2 Å². The van der Waals surface area contributed by atoms with Crippen molar-refractivity contribution < 1.29 is 19.4 Å². The number of rotatable bonds is 6. The standard InChI is InChI=1S/C16H22O4/c1-4-6-11-9-14(20-3)12(10-13(11)19-2)16(15(17)18)7-5-8-16/h9-10H,4-8H2,1-3H3,(H,17,18). The van der Waals surface area contributed by atoms with E-state index in [4.69, 9.17) is 9.47 Å². The molecule has 1 aromatic rings. The Kier molecular flexibility index (Phi) is 4.21. The molecule has 110 valence electrons. The number of aliphatic carboxylic acids is 1. The Morgan fingerprint density at radius 3 is 2.30 bits per heavy atom. The molecule has 0 spiro atoms. The minimum atomic E-state index is -0.802. The molecule has 20 heavy (non-hydrogen) atoms. The summed E-state index contributed by atoms with van der Waals surface area (Å²) in [4.78, 5) is 11.7. The molecule has 1 aliphatic carbocycles. The van der Waals surface area contributed by atoms with Gasteiger partial charge in [-0.3, -0.25) is 4.79 Å². The fourth-order valence-corrected chi connectivity index (χ4v) is 2.93. The second-order valence-electron chi connectivity index (χ2n) is 5.36.